The second-order valence-corrected chi connectivity index (χ2v) is 5.75. The molecule has 0 aliphatic carbocycles. The number of amides is 2. The molecule has 0 bridgehead atoms. The van der Waals surface area contributed by atoms with E-state index < -0.39 is 12.0 Å². The number of carbonyl (C=O) groups excluding carboxylic acids is 1. The van der Waals surface area contributed by atoms with Gasteiger partial charge in [-0.2, -0.15) is 0 Å². The number of aliphatic hydroxyl groups is 1. The number of carboxylic acid groups (broad SMARTS) is 1. The van der Waals surface area contributed by atoms with Crippen molar-refractivity contribution >= 4 is 12.0 Å². The topological polar surface area (TPSA) is 99.1 Å². The maximum atomic E-state index is 12.1. The highest BCUT2D eigenvalue weighted by Crippen LogP contribution is 2.14. The maximum Gasteiger partial charge on any atom is 0.326 e. The summed E-state index contributed by atoms with van der Waals surface area (Å²) in [5.41, 5.74) is 0. The third-order valence-corrected chi connectivity index (χ3v) is 3.48. The Hall–Kier alpha value is -1.34. The molecule has 0 saturated carbocycles. The van der Waals surface area contributed by atoms with Crippen LogP contribution < -0.4 is 5.32 Å². The summed E-state index contributed by atoms with van der Waals surface area (Å²) in [5.74, 6) is -0.803. The smallest absolute Gasteiger partial charge is 0.326 e. The van der Waals surface area contributed by atoms with Gasteiger partial charge >= 0.3 is 12.0 Å². The molecule has 1 fully saturated rings. The number of rotatable bonds is 7. The summed E-state index contributed by atoms with van der Waals surface area (Å²) >= 11 is 0. The minimum atomic E-state index is -1.00. The van der Waals surface area contributed by atoms with Crippen molar-refractivity contribution in [1.29, 1.82) is 0 Å². The number of hydrogen-bond donors (Lipinski definition) is 3. The van der Waals surface area contributed by atoms with Gasteiger partial charge in [0.15, 0.2) is 0 Å². The van der Waals surface area contributed by atoms with Crippen molar-refractivity contribution in [2.45, 2.75) is 45.3 Å². The zero-order valence-corrected chi connectivity index (χ0v) is 12.7. The molecule has 0 aromatic rings. The van der Waals surface area contributed by atoms with Crippen molar-refractivity contribution in [1.82, 2.24) is 10.2 Å². The van der Waals surface area contributed by atoms with E-state index in [0.29, 0.717) is 39.0 Å². The van der Waals surface area contributed by atoms with E-state index in [1.165, 1.54) is 0 Å². The van der Waals surface area contributed by atoms with Crippen molar-refractivity contribution in [3.05, 3.63) is 0 Å². The Kier molecular flexibility index (Phi) is 7.45. The number of urea groups is 1. The van der Waals surface area contributed by atoms with Gasteiger partial charge in [0.05, 0.1) is 19.3 Å². The quantitative estimate of drug-likeness (QED) is 0.642. The summed E-state index contributed by atoms with van der Waals surface area (Å²) < 4.78 is 5.43. The first-order chi connectivity index (χ1) is 9.93. The van der Waals surface area contributed by atoms with E-state index in [1.807, 2.05) is 13.8 Å². The van der Waals surface area contributed by atoms with Gasteiger partial charge in [-0.25, -0.2) is 9.59 Å². The SMILES string of the molecule is CC(C)C[C@H](NC(=O)N1CCC(OCCO)CC1)C(=O)O. The van der Waals surface area contributed by atoms with E-state index in [4.69, 9.17) is 14.9 Å². The number of carbonyl (C=O) groups is 2. The van der Waals surface area contributed by atoms with Crippen molar-refractivity contribution in [2.75, 3.05) is 26.3 Å². The molecule has 1 aliphatic heterocycles. The second kappa shape index (κ2) is 8.84. The Morgan fingerprint density at radius 1 is 1.33 bits per heavy atom. The molecule has 1 atom stereocenters. The van der Waals surface area contributed by atoms with E-state index in [9.17, 15) is 9.59 Å². The molecule has 0 aromatic carbocycles. The predicted molar refractivity (Wildman–Crippen MR) is 77.0 cm³/mol. The molecule has 21 heavy (non-hydrogen) atoms. The minimum absolute atomic E-state index is 0.00378. The molecule has 3 N–H and O–H groups in total. The van der Waals surface area contributed by atoms with Gasteiger partial charge in [0, 0.05) is 13.1 Å². The minimum Gasteiger partial charge on any atom is -0.480 e. The van der Waals surface area contributed by atoms with Crippen LogP contribution in [0, 0.1) is 5.92 Å². The molecule has 0 spiro atoms. The summed E-state index contributed by atoms with van der Waals surface area (Å²) in [6, 6.07) is -1.18. The van der Waals surface area contributed by atoms with Crippen LogP contribution in [0.2, 0.25) is 0 Å². The van der Waals surface area contributed by atoms with E-state index in [2.05, 4.69) is 5.32 Å². The van der Waals surface area contributed by atoms with Gasteiger partial charge in [-0.1, -0.05) is 13.8 Å². The molecule has 0 aromatic heterocycles. The van der Waals surface area contributed by atoms with Crippen molar-refractivity contribution < 1.29 is 24.5 Å². The standard InChI is InChI=1S/C14H26N2O5/c1-10(2)9-12(13(18)19)15-14(20)16-5-3-11(4-6-16)21-8-7-17/h10-12,17H,3-9H2,1-2H3,(H,15,20)(H,18,19)/t12-/m0/s1. The average molecular weight is 302 g/mol. The monoisotopic (exact) mass is 302 g/mol. The Morgan fingerprint density at radius 2 is 1.95 bits per heavy atom. The van der Waals surface area contributed by atoms with Crippen LogP contribution >= 0.6 is 0 Å². The predicted octanol–water partition coefficient (Wildman–Crippen LogP) is 0.669. The fraction of sp³-hybridized carbons (Fsp3) is 0.857. The lowest BCUT2D eigenvalue weighted by atomic mass is 10.0. The van der Waals surface area contributed by atoms with Crippen LogP contribution in [0.15, 0.2) is 0 Å². The van der Waals surface area contributed by atoms with E-state index in [1.54, 1.807) is 4.90 Å². The summed E-state index contributed by atoms with van der Waals surface area (Å²) in [7, 11) is 0. The third-order valence-electron chi connectivity index (χ3n) is 3.48. The Morgan fingerprint density at radius 3 is 2.43 bits per heavy atom. The van der Waals surface area contributed by atoms with Crippen molar-refractivity contribution in [3.63, 3.8) is 0 Å². The Labute approximate surface area is 125 Å². The maximum absolute atomic E-state index is 12.1. The molecule has 122 valence electrons. The number of hydrogen-bond acceptors (Lipinski definition) is 4. The average Bonchev–Trinajstić information content (AvgIpc) is 2.44. The fourth-order valence-electron chi connectivity index (χ4n) is 2.38. The van der Waals surface area contributed by atoms with E-state index >= 15 is 0 Å². The molecular formula is C14H26N2O5. The first-order valence-corrected chi connectivity index (χ1v) is 7.44. The lowest BCUT2D eigenvalue weighted by Gasteiger charge is -2.32. The van der Waals surface area contributed by atoms with Gasteiger partial charge in [0.25, 0.3) is 0 Å². The highest BCUT2D eigenvalue weighted by atomic mass is 16.5. The van der Waals surface area contributed by atoms with Gasteiger partial charge in [0.1, 0.15) is 6.04 Å². The van der Waals surface area contributed by atoms with Gasteiger partial charge in [-0.3, -0.25) is 0 Å². The van der Waals surface area contributed by atoms with Crippen LogP contribution in [0.3, 0.4) is 0 Å². The summed E-state index contributed by atoms with van der Waals surface area (Å²) in [6.07, 6.45) is 1.88. The highest BCUT2D eigenvalue weighted by Gasteiger charge is 2.27. The number of aliphatic hydroxyl groups excluding tert-OH is 1. The Balaban J connectivity index is 2.40. The summed E-state index contributed by atoms with van der Waals surface area (Å²) in [5, 5.41) is 20.4. The molecule has 7 nitrogen and oxygen atoms in total. The molecule has 2 amide bonds. The number of ether oxygens (including phenoxy) is 1. The Bertz CT molecular complexity index is 340. The lowest BCUT2D eigenvalue weighted by molar-refractivity contribution is -0.139. The van der Waals surface area contributed by atoms with Gasteiger partial charge in [0.2, 0.25) is 0 Å². The summed E-state index contributed by atoms with van der Waals surface area (Å²) in [4.78, 5) is 24.9. The van der Waals surface area contributed by atoms with Crippen LogP contribution in [0.1, 0.15) is 33.1 Å². The fourth-order valence-corrected chi connectivity index (χ4v) is 2.38. The van der Waals surface area contributed by atoms with Crippen LogP contribution in [0.25, 0.3) is 0 Å². The molecule has 0 radical (unpaired) electrons. The molecular weight excluding hydrogens is 276 g/mol. The molecule has 1 rings (SSSR count). The normalized spacial score (nSPS) is 17.8. The highest BCUT2D eigenvalue weighted by molar-refractivity contribution is 5.82. The van der Waals surface area contributed by atoms with Crippen LogP contribution in [0.4, 0.5) is 4.79 Å². The number of nitrogens with one attached hydrogen (secondary N) is 1. The van der Waals surface area contributed by atoms with Gasteiger partial charge in [-0.15, -0.1) is 0 Å². The van der Waals surface area contributed by atoms with Gasteiger partial charge in [-0.05, 0) is 25.2 Å². The van der Waals surface area contributed by atoms with Crippen molar-refractivity contribution in [3.8, 4) is 0 Å². The third kappa shape index (κ3) is 6.31. The van der Waals surface area contributed by atoms with E-state index in [-0.39, 0.29) is 24.7 Å². The number of piperidine rings is 1. The van der Waals surface area contributed by atoms with Crippen LogP contribution in [-0.2, 0) is 9.53 Å². The number of carboxylic acids is 1. The molecule has 1 aliphatic rings. The zero-order valence-electron chi connectivity index (χ0n) is 12.7. The van der Waals surface area contributed by atoms with Crippen molar-refractivity contribution in [2.24, 2.45) is 5.92 Å². The molecule has 1 saturated heterocycles. The molecule has 7 heteroatoms. The van der Waals surface area contributed by atoms with Crippen LogP contribution in [-0.4, -0.2) is 65.6 Å². The van der Waals surface area contributed by atoms with Gasteiger partial charge < -0.3 is 25.2 Å². The lowest BCUT2D eigenvalue weighted by Crippen LogP contribution is -2.51. The van der Waals surface area contributed by atoms with E-state index in [0.717, 1.165) is 0 Å². The summed E-state index contributed by atoms with van der Waals surface area (Å²) in [6.45, 7) is 5.23. The zero-order chi connectivity index (χ0) is 15.8. The first kappa shape index (κ1) is 17.7. The molecule has 0 unspecified atom stereocenters. The largest absolute Gasteiger partial charge is 0.480 e. The number of nitrogens with zero attached hydrogens (tertiary/aromatic N) is 1. The van der Waals surface area contributed by atoms with Crippen LogP contribution in [0.5, 0.6) is 0 Å². The molecule has 1 heterocycles. The number of likely N-dealkylation sites (tertiary alicyclic amines) is 1. The number of aliphatic carboxylic acids is 1. The first-order valence-electron chi connectivity index (χ1n) is 7.44. The second-order valence-electron chi connectivity index (χ2n) is 5.75.